The van der Waals surface area contributed by atoms with Gasteiger partial charge in [-0.05, 0) is 22.3 Å². The monoisotopic (exact) mass is 362 g/mol. The molecule has 0 radical (unpaired) electrons. The first-order valence-corrected chi connectivity index (χ1v) is 8.83. The molecule has 0 saturated heterocycles. The van der Waals surface area contributed by atoms with Gasteiger partial charge >= 0.3 is 0 Å². The molecule has 0 N–H and O–H groups in total. The van der Waals surface area contributed by atoms with Crippen LogP contribution in [-0.2, 0) is 22.7 Å². The van der Waals surface area contributed by atoms with Crippen molar-refractivity contribution >= 4 is 24.0 Å². The molecule has 4 heteroatoms. The lowest BCUT2D eigenvalue weighted by Gasteiger charge is -2.21. The van der Waals surface area contributed by atoms with Crippen LogP contribution in [0.5, 0.6) is 0 Å². The molecule has 2 aromatic carbocycles. The van der Waals surface area contributed by atoms with Gasteiger partial charge in [-0.25, -0.2) is 0 Å². The van der Waals surface area contributed by atoms with Crippen molar-refractivity contribution < 1.29 is 9.59 Å². The zero-order chi connectivity index (χ0) is 19.8. The molecule has 0 aromatic heterocycles. The van der Waals surface area contributed by atoms with Crippen molar-refractivity contribution in [3.05, 3.63) is 83.9 Å². The summed E-state index contributed by atoms with van der Waals surface area (Å²) in [6.07, 6.45) is 3.42. The predicted molar refractivity (Wildman–Crippen MR) is 111 cm³/mol. The van der Waals surface area contributed by atoms with Crippen LogP contribution in [-0.4, -0.2) is 35.7 Å². The van der Waals surface area contributed by atoms with E-state index in [0.717, 1.165) is 22.3 Å². The Labute approximate surface area is 161 Å². The summed E-state index contributed by atoms with van der Waals surface area (Å²) < 4.78 is 0. The van der Waals surface area contributed by atoms with Crippen LogP contribution in [0.25, 0.3) is 12.2 Å². The van der Waals surface area contributed by atoms with E-state index in [4.69, 9.17) is 0 Å². The lowest BCUT2D eigenvalue weighted by molar-refractivity contribution is -0.139. The zero-order valence-electron chi connectivity index (χ0n) is 16.0. The molecule has 0 bridgehead atoms. The SMILES string of the molecule is C=Cc1ccc(CN(C)C(=O)CC(=O)N(C)Cc2ccc(C=C)cc2)cc1. The molecule has 0 heterocycles. The van der Waals surface area contributed by atoms with Crippen molar-refractivity contribution in [1.29, 1.82) is 0 Å². The number of amides is 2. The maximum absolute atomic E-state index is 12.4. The van der Waals surface area contributed by atoms with Crippen LogP contribution in [0.1, 0.15) is 28.7 Å². The summed E-state index contributed by atoms with van der Waals surface area (Å²) >= 11 is 0. The molecule has 2 rings (SSSR count). The first kappa shape index (κ1) is 20.2. The topological polar surface area (TPSA) is 40.6 Å². The molecule has 0 spiro atoms. The fourth-order valence-corrected chi connectivity index (χ4v) is 2.64. The predicted octanol–water partition coefficient (Wildman–Crippen LogP) is 3.98. The van der Waals surface area contributed by atoms with E-state index in [1.807, 2.05) is 48.5 Å². The fourth-order valence-electron chi connectivity index (χ4n) is 2.64. The first-order chi connectivity index (χ1) is 12.9. The Morgan fingerprint density at radius 2 is 1.07 bits per heavy atom. The van der Waals surface area contributed by atoms with E-state index in [-0.39, 0.29) is 18.2 Å². The quantitative estimate of drug-likeness (QED) is 0.667. The van der Waals surface area contributed by atoms with E-state index in [1.165, 1.54) is 0 Å². The minimum absolute atomic E-state index is 0.136. The van der Waals surface area contributed by atoms with Crippen molar-refractivity contribution in [2.75, 3.05) is 14.1 Å². The molecule has 2 aromatic rings. The molecule has 2 amide bonds. The molecular weight excluding hydrogens is 336 g/mol. The van der Waals surface area contributed by atoms with Crippen LogP contribution < -0.4 is 0 Å². The average Bonchev–Trinajstić information content (AvgIpc) is 2.68. The Morgan fingerprint density at radius 3 is 1.37 bits per heavy atom. The van der Waals surface area contributed by atoms with Gasteiger partial charge in [0.1, 0.15) is 6.42 Å². The van der Waals surface area contributed by atoms with E-state index >= 15 is 0 Å². The second-order valence-corrected chi connectivity index (χ2v) is 6.57. The number of hydrogen-bond donors (Lipinski definition) is 0. The molecule has 27 heavy (non-hydrogen) atoms. The van der Waals surface area contributed by atoms with E-state index in [0.29, 0.717) is 13.1 Å². The summed E-state index contributed by atoms with van der Waals surface area (Å²) in [6, 6.07) is 15.7. The molecule has 0 aliphatic rings. The van der Waals surface area contributed by atoms with Gasteiger partial charge < -0.3 is 9.80 Å². The van der Waals surface area contributed by atoms with E-state index in [9.17, 15) is 9.59 Å². The van der Waals surface area contributed by atoms with Crippen LogP contribution in [0.15, 0.2) is 61.7 Å². The van der Waals surface area contributed by atoms with Gasteiger partial charge in [0.15, 0.2) is 0 Å². The van der Waals surface area contributed by atoms with Gasteiger partial charge in [-0.2, -0.15) is 0 Å². The maximum Gasteiger partial charge on any atom is 0.232 e. The minimum atomic E-state index is -0.193. The van der Waals surface area contributed by atoms with Crippen LogP contribution in [0.4, 0.5) is 0 Å². The third-order valence-corrected chi connectivity index (χ3v) is 4.42. The van der Waals surface area contributed by atoms with Crippen molar-refractivity contribution in [2.45, 2.75) is 19.5 Å². The van der Waals surface area contributed by atoms with Gasteiger partial charge in [0, 0.05) is 27.2 Å². The molecule has 0 fully saturated rings. The van der Waals surface area contributed by atoms with Crippen molar-refractivity contribution in [1.82, 2.24) is 9.80 Å². The third-order valence-electron chi connectivity index (χ3n) is 4.42. The average molecular weight is 362 g/mol. The number of carbonyl (C=O) groups excluding carboxylic acids is 2. The highest BCUT2D eigenvalue weighted by Gasteiger charge is 2.17. The number of nitrogens with zero attached hydrogens (tertiary/aromatic N) is 2. The first-order valence-electron chi connectivity index (χ1n) is 8.83. The Kier molecular flexibility index (Phi) is 7.12. The Morgan fingerprint density at radius 1 is 0.741 bits per heavy atom. The van der Waals surface area contributed by atoms with Gasteiger partial charge in [-0.1, -0.05) is 73.8 Å². The highest BCUT2D eigenvalue weighted by Crippen LogP contribution is 2.11. The molecule has 0 atom stereocenters. The van der Waals surface area contributed by atoms with E-state index in [2.05, 4.69) is 13.2 Å². The van der Waals surface area contributed by atoms with Gasteiger partial charge in [-0.15, -0.1) is 0 Å². The number of hydrogen-bond acceptors (Lipinski definition) is 2. The second-order valence-electron chi connectivity index (χ2n) is 6.57. The van der Waals surface area contributed by atoms with Crippen LogP contribution >= 0.6 is 0 Å². The van der Waals surface area contributed by atoms with Gasteiger partial charge in [0.25, 0.3) is 0 Å². The fraction of sp³-hybridized carbons (Fsp3) is 0.217. The normalized spacial score (nSPS) is 10.1. The van der Waals surface area contributed by atoms with Gasteiger partial charge in [0.2, 0.25) is 11.8 Å². The van der Waals surface area contributed by atoms with Gasteiger partial charge in [0.05, 0.1) is 0 Å². The van der Waals surface area contributed by atoms with Crippen LogP contribution in [0.3, 0.4) is 0 Å². The summed E-state index contributed by atoms with van der Waals surface area (Å²) in [5, 5.41) is 0. The molecule has 4 nitrogen and oxygen atoms in total. The second kappa shape index (κ2) is 9.53. The number of carbonyl (C=O) groups is 2. The number of rotatable bonds is 8. The van der Waals surface area contributed by atoms with Crippen LogP contribution in [0, 0.1) is 0 Å². The highest BCUT2D eigenvalue weighted by molar-refractivity contribution is 5.96. The number of benzene rings is 2. The molecular formula is C23H26N2O2. The molecule has 0 aliphatic heterocycles. The molecule has 0 aliphatic carbocycles. The smallest absolute Gasteiger partial charge is 0.232 e. The Bertz CT molecular complexity index is 738. The Hall–Kier alpha value is -3.14. The molecule has 0 saturated carbocycles. The molecule has 0 unspecified atom stereocenters. The van der Waals surface area contributed by atoms with Crippen molar-refractivity contribution in [3.63, 3.8) is 0 Å². The summed E-state index contributed by atoms with van der Waals surface area (Å²) in [7, 11) is 3.43. The van der Waals surface area contributed by atoms with Crippen LogP contribution in [0.2, 0.25) is 0 Å². The highest BCUT2D eigenvalue weighted by atomic mass is 16.2. The maximum atomic E-state index is 12.4. The third kappa shape index (κ3) is 5.96. The summed E-state index contributed by atoms with van der Waals surface area (Å²) in [5.74, 6) is -0.386. The summed E-state index contributed by atoms with van der Waals surface area (Å²) in [4.78, 5) is 27.9. The van der Waals surface area contributed by atoms with Crippen molar-refractivity contribution in [2.24, 2.45) is 0 Å². The zero-order valence-corrected chi connectivity index (χ0v) is 16.0. The lowest BCUT2D eigenvalue weighted by Crippen LogP contribution is -2.34. The minimum Gasteiger partial charge on any atom is -0.341 e. The molecule has 140 valence electrons. The van der Waals surface area contributed by atoms with Gasteiger partial charge in [-0.3, -0.25) is 9.59 Å². The lowest BCUT2D eigenvalue weighted by atomic mass is 10.1. The van der Waals surface area contributed by atoms with E-state index < -0.39 is 0 Å². The largest absolute Gasteiger partial charge is 0.341 e. The van der Waals surface area contributed by atoms with E-state index in [1.54, 1.807) is 36.0 Å². The Balaban J connectivity index is 1.87. The standard InChI is InChI=1S/C23H26N2O2/c1-5-18-7-11-20(12-8-18)16-24(3)22(26)15-23(27)25(4)17-21-13-9-19(6-2)10-14-21/h5-14H,1-2,15-17H2,3-4H3. The van der Waals surface area contributed by atoms with Crippen molar-refractivity contribution in [3.8, 4) is 0 Å². The summed E-state index contributed by atoms with van der Waals surface area (Å²) in [5.41, 5.74) is 4.09. The summed E-state index contributed by atoms with van der Waals surface area (Å²) in [6.45, 7) is 8.39.